The smallest absolute Gasteiger partial charge is 0.253 e. The fourth-order valence-electron chi connectivity index (χ4n) is 4.11. The van der Waals surface area contributed by atoms with E-state index in [1.165, 1.54) is 11.0 Å². The van der Waals surface area contributed by atoms with Crippen LogP contribution in [0.1, 0.15) is 47.2 Å². The second-order valence-corrected chi connectivity index (χ2v) is 9.06. The van der Waals surface area contributed by atoms with E-state index in [0.717, 1.165) is 30.9 Å². The molecule has 0 saturated heterocycles. The van der Waals surface area contributed by atoms with E-state index in [-0.39, 0.29) is 31.0 Å². The second kappa shape index (κ2) is 12.2. The molecule has 1 aliphatic rings. The van der Waals surface area contributed by atoms with Gasteiger partial charge in [-0.3, -0.25) is 9.69 Å². The topological polar surface area (TPSA) is 73.2 Å². The van der Waals surface area contributed by atoms with Gasteiger partial charge in [-0.25, -0.2) is 8.78 Å². The Balaban J connectivity index is 1.73. The average Bonchev–Trinajstić information content (AvgIpc) is 2.82. The number of rotatable bonds is 3. The first-order chi connectivity index (χ1) is 16.3. The van der Waals surface area contributed by atoms with Crippen LogP contribution >= 0.6 is 0 Å². The first-order valence-corrected chi connectivity index (χ1v) is 11.7. The molecule has 2 aromatic rings. The van der Waals surface area contributed by atoms with Crippen molar-refractivity contribution in [3.8, 4) is 5.75 Å². The SMILES string of the molecule is CN(C)C(=O)c1ccc2c(c1)CCCCCN(Cc1cccc(F)c1F)CC[C@H](O)[C@H](O)CO2. The van der Waals surface area contributed by atoms with Crippen molar-refractivity contribution < 1.29 is 28.5 Å². The molecular formula is C26H34F2N2O4. The third-order valence-corrected chi connectivity index (χ3v) is 6.15. The number of aliphatic hydroxyl groups excluding tert-OH is 2. The van der Waals surface area contributed by atoms with Gasteiger partial charge in [0.1, 0.15) is 18.5 Å². The lowest BCUT2D eigenvalue weighted by atomic mass is 10.0. The largest absolute Gasteiger partial charge is 0.491 e. The van der Waals surface area contributed by atoms with E-state index in [9.17, 15) is 23.8 Å². The Morgan fingerprint density at radius 3 is 2.65 bits per heavy atom. The minimum Gasteiger partial charge on any atom is -0.491 e. The number of benzene rings is 2. The van der Waals surface area contributed by atoms with Gasteiger partial charge in [-0.1, -0.05) is 18.6 Å². The lowest BCUT2D eigenvalue weighted by Gasteiger charge is -2.26. The lowest BCUT2D eigenvalue weighted by Crippen LogP contribution is -2.36. The predicted molar refractivity (Wildman–Crippen MR) is 126 cm³/mol. The molecule has 0 bridgehead atoms. The highest BCUT2D eigenvalue weighted by Crippen LogP contribution is 2.24. The summed E-state index contributed by atoms with van der Waals surface area (Å²) in [5, 5.41) is 20.9. The fourth-order valence-corrected chi connectivity index (χ4v) is 4.11. The number of aliphatic hydroxyl groups is 2. The molecule has 0 fully saturated rings. The third kappa shape index (κ3) is 6.98. The predicted octanol–water partition coefficient (Wildman–Crippen LogP) is 3.39. The Morgan fingerprint density at radius 2 is 1.88 bits per heavy atom. The molecule has 0 saturated carbocycles. The summed E-state index contributed by atoms with van der Waals surface area (Å²) in [5.41, 5.74) is 1.72. The zero-order chi connectivity index (χ0) is 24.7. The maximum atomic E-state index is 14.2. The van der Waals surface area contributed by atoms with E-state index < -0.39 is 23.8 Å². The number of hydrogen-bond donors (Lipinski definition) is 2. The van der Waals surface area contributed by atoms with Crippen LogP contribution in [0, 0.1) is 11.6 Å². The molecule has 8 heteroatoms. The van der Waals surface area contributed by atoms with Gasteiger partial charge in [-0.2, -0.15) is 0 Å². The lowest BCUT2D eigenvalue weighted by molar-refractivity contribution is -0.0163. The van der Waals surface area contributed by atoms with Crippen molar-refractivity contribution in [2.45, 2.75) is 50.9 Å². The summed E-state index contributed by atoms with van der Waals surface area (Å²) < 4.78 is 33.6. The van der Waals surface area contributed by atoms with Crippen LogP contribution < -0.4 is 4.74 Å². The zero-order valence-corrected chi connectivity index (χ0v) is 19.8. The number of nitrogens with zero attached hydrogens (tertiary/aromatic N) is 2. The van der Waals surface area contributed by atoms with Crippen LogP contribution in [0.4, 0.5) is 8.78 Å². The second-order valence-electron chi connectivity index (χ2n) is 9.06. The first kappa shape index (κ1) is 26.1. The molecule has 0 aromatic heterocycles. The van der Waals surface area contributed by atoms with E-state index in [2.05, 4.69) is 0 Å². The van der Waals surface area contributed by atoms with Crippen LogP contribution in [0.2, 0.25) is 0 Å². The number of halogens is 2. The molecule has 1 aliphatic heterocycles. The van der Waals surface area contributed by atoms with Crippen LogP contribution in [-0.2, 0) is 13.0 Å². The number of hydrogen-bond acceptors (Lipinski definition) is 5. The standard InChI is InChI=1S/C26H34F2N2O4/c1-29(2)26(33)19-10-11-24-18(15-19)7-4-3-5-13-30(14-12-22(31)23(32)17-34-24)16-20-8-6-9-21(27)25(20)28/h6,8-11,15,22-23,31-32H,3-5,7,12-14,16-17H2,1-2H3/t22-,23+/m0/s1. The number of amides is 1. The fraction of sp³-hybridized carbons (Fsp3) is 0.500. The molecule has 2 N–H and O–H groups in total. The normalized spacial score (nSPS) is 20.6. The molecule has 6 nitrogen and oxygen atoms in total. The summed E-state index contributed by atoms with van der Waals surface area (Å²) in [6.45, 7) is 1.22. The number of carbonyl (C=O) groups is 1. The molecule has 34 heavy (non-hydrogen) atoms. The van der Waals surface area contributed by atoms with Crippen molar-refractivity contribution in [2.75, 3.05) is 33.8 Å². The summed E-state index contributed by atoms with van der Waals surface area (Å²) in [6, 6.07) is 9.42. The van der Waals surface area contributed by atoms with Crippen LogP contribution in [-0.4, -0.2) is 71.9 Å². The minimum absolute atomic E-state index is 0.0896. The first-order valence-electron chi connectivity index (χ1n) is 11.7. The zero-order valence-electron chi connectivity index (χ0n) is 19.8. The summed E-state index contributed by atoms with van der Waals surface area (Å²) in [6.07, 6.45) is 1.43. The van der Waals surface area contributed by atoms with Crippen molar-refractivity contribution in [1.82, 2.24) is 9.80 Å². The molecular weight excluding hydrogens is 442 g/mol. The van der Waals surface area contributed by atoms with Crippen LogP contribution in [0.5, 0.6) is 5.75 Å². The van der Waals surface area contributed by atoms with Crippen molar-refractivity contribution >= 4 is 5.91 Å². The van der Waals surface area contributed by atoms with Gasteiger partial charge in [-0.15, -0.1) is 0 Å². The molecule has 1 heterocycles. The van der Waals surface area contributed by atoms with Gasteiger partial charge in [0.2, 0.25) is 0 Å². The van der Waals surface area contributed by atoms with Gasteiger partial charge in [0.25, 0.3) is 5.91 Å². The van der Waals surface area contributed by atoms with Crippen molar-refractivity contribution in [3.63, 3.8) is 0 Å². The Hall–Kier alpha value is -2.55. The molecule has 0 unspecified atom stereocenters. The van der Waals surface area contributed by atoms with E-state index in [4.69, 9.17) is 4.74 Å². The van der Waals surface area contributed by atoms with Gasteiger partial charge >= 0.3 is 0 Å². The van der Waals surface area contributed by atoms with E-state index >= 15 is 0 Å². The van der Waals surface area contributed by atoms with Crippen LogP contribution in [0.15, 0.2) is 36.4 Å². The van der Waals surface area contributed by atoms with E-state index in [1.807, 2.05) is 11.0 Å². The highest BCUT2D eigenvalue weighted by Gasteiger charge is 2.21. The minimum atomic E-state index is -1.10. The van der Waals surface area contributed by atoms with Gasteiger partial charge in [-0.05, 0) is 62.1 Å². The Kier molecular flexibility index (Phi) is 9.38. The van der Waals surface area contributed by atoms with E-state index in [1.54, 1.807) is 32.3 Å². The quantitative estimate of drug-likeness (QED) is 0.711. The molecule has 1 amide bonds. The Bertz CT molecular complexity index is 970. The summed E-state index contributed by atoms with van der Waals surface area (Å²) in [7, 11) is 3.40. The summed E-state index contributed by atoms with van der Waals surface area (Å²) >= 11 is 0. The van der Waals surface area contributed by atoms with Gasteiger partial charge in [0.15, 0.2) is 11.6 Å². The molecule has 2 atom stereocenters. The third-order valence-electron chi connectivity index (χ3n) is 6.15. The number of carbonyl (C=O) groups excluding carboxylic acids is 1. The number of ether oxygens (including phenoxy) is 1. The van der Waals surface area contributed by atoms with E-state index in [0.29, 0.717) is 30.8 Å². The monoisotopic (exact) mass is 476 g/mol. The van der Waals surface area contributed by atoms with Crippen molar-refractivity contribution in [2.24, 2.45) is 0 Å². The maximum absolute atomic E-state index is 14.2. The van der Waals surface area contributed by atoms with Crippen molar-refractivity contribution in [3.05, 3.63) is 64.7 Å². The van der Waals surface area contributed by atoms with Gasteiger partial charge < -0.3 is 19.8 Å². The molecule has 2 aromatic carbocycles. The number of aryl methyl sites for hydroxylation is 1. The highest BCUT2D eigenvalue weighted by molar-refractivity contribution is 5.94. The maximum Gasteiger partial charge on any atom is 0.253 e. The average molecular weight is 477 g/mol. The Morgan fingerprint density at radius 1 is 1.09 bits per heavy atom. The molecule has 0 aliphatic carbocycles. The Labute approximate surface area is 199 Å². The van der Waals surface area contributed by atoms with Gasteiger partial charge in [0, 0.05) is 38.3 Å². The van der Waals surface area contributed by atoms with Crippen molar-refractivity contribution in [1.29, 1.82) is 0 Å². The summed E-state index contributed by atoms with van der Waals surface area (Å²) in [5.74, 6) is -1.23. The molecule has 3 rings (SSSR count). The summed E-state index contributed by atoms with van der Waals surface area (Å²) in [4.78, 5) is 15.9. The van der Waals surface area contributed by atoms with Gasteiger partial charge in [0.05, 0.1) is 6.10 Å². The molecule has 0 spiro atoms. The molecule has 0 radical (unpaired) electrons. The van der Waals surface area contributed by atoms with Crippen LogP contribution in [0.3, 0.4) is 0 Å². The number of fused-ring (bicyclic) bond motifs is 1. The highest BCUT2D eigenvalue weighted by atomic mass is 19.2. The van der Waals surface area contributed by atoms with Crippen LogP contribution in [0.25, 0.3) is 0 Å². The molecule has 186 valence electrons.